The molecular formula is C17H19N3O2S2. The lowest BCUT2D eigenvalue weighted by Gasteiger charge is -2.10. The predicted octanol–water partition coefficient (Wildman–Crippen LogP) is 3.55. The molecule has 24 heavy (non-hydrogen) atoms. The van der Waals surface area contributed by atoms with Gasteiger partial charge < -0.3 is 10.1 Å². The molecule has 1 N–H and O–H groups in total. The fourth-order valence-corrected chi connectivity index (χ4v) is 3.59. The Morgan fingerprint density at radius 3 is 2.92 bits per heavy atom. The van der Waals surface area contributed by atoms with Gasteiger partial charge in [-0.05, 0) is 25.0 Å². The van der Waals surface area contributed by atoms with Crippen molar-refractivity contribution in [3.8, 4) is 6.07 Å². The van der Waals surface area contributed by atoms with E-state index in [-0.39, 0.29) is 5.97 Å². The van der Waals surface area contributed by atoms with Gasteiger partial charge in [-0.15, -0.1) is 11.3 Å². The number of carbonyl (C=O) groups excluding carboxylic acids is 1. The van der Waals surface area contributed by atoms with E-state index in [0.29, 0.717) is 18.0 Å². The van der Waals surface area contributed by atoms with E-state index in [1.165, 1.54) is 18.4 Å². The number of unbranched alkanes of at least 4 members (excludes halogenated alkanes) is 2. The zero-order chi connectivity index (χ0) is 17.4. The first-order chi connectivity index (χ1) is 11.7. The molecule has 0 aliphatic carbocycles. The molecule has 126 valence electrons. The Balaban J connectivity index is 1.81. The maximum absolute atomic E-state index is 11.0. The topological polar surface area (TPSA) is 75.0 Å². The van der Waals surface area contributed by atoms with E-state index in [1.807, 2.05) is 24.3 Å². The van der Waals surface area contributed by atoms with Crippen LogP contribution in [-0.4, -0.2) is 29.6 Å². The van der Waals surface area contributed by atoms with Crippen molar-refractivity contribution in [3.63, 3.8) is 0 Å². The highest BCUT2D eigenvalue weighted by Gasteiger charge is 2.20. The number of nitrogens with zero attached hydrogens (tertiary/aromatic N) is 2. The Morgan fingerprint density at radius 1 is 1.42 bits per heavy atom. The Kier molecular flexibility index (Phi) is 7.09. The number of ether oxygens (including phenoxy) is 1. The van der Waals surface area contributed by atoms with Crippen molar-refractivity contribution >= 4 is 44.7 Å². The number of benzene rings is 1. The molecule has 1 aromatic heterocycles. The summed E-state index contributed by atoms with van der Waals surface area (Å²) < 4.78 is 5.65. The van der Waals surface area contributed by atoms with Gasteiger partial charge in [0.2, 0.25) is 0 Å². The van der Waals surface area contributed by atoms with E-state index in [2.05, 4.69) is 21.1 Å². The molecule has 0 amide bonds. The van der Waals surface area contributed by atoms with E-state index in [0.717, 1.165) is 34.5 Å². The SMILES string of the molecule is COC(=O)CCCCCNC(=S)C(C#N)c1nc2ccccc2s1. The Bertz CT molecular complexity index is 719. The van der Waals surface area contributed by atoms with Crippen LogP contribution in [0.1, 0.15) is 36.6 Å². The Labute approximate surface area is 150 Å². The average Bonchev–Trinajstić information content (AvgIpc) is 3.01. The third kappa shape index (κ3) is 4.98. The van der Waals surface area contributed by atoms with E-state index in [9.17, 15) is 10.1 Å². The van der Waals surface area contributed by atoms with E-state index in [4.69, 9.17) is 12.2 Å². The molecule has 0 saturated heterocycles. The van der Waals surface area contributed by atoms with Crippen molar-refractivity contribution in [2.24, 2.45) is 0 Å². The van der Waals surface area contributed by atoms with Crippen LogP contribution in [0.25, 0.3) is 10.2 Å². The number of hydrogen-bond donors (Lipinski definition) is 1. The second-order valence-corrected chi connectivity index (χ2v) is 6.76. The molecule has 0 spiro atoms. The Hall–Kier alpha value is -2.04. The lowest BCUT2D eigenvalue weighted by molar-refractivity contribution is -0.140. The minimum absolute atomic E-state index is 0.182. The standard InChI is InChI=1S/C17H19N3O2S2/c1-22-15(21)9-3-2-6-10-19-16(23)12(11-18)17-20-13-7-4-5-8-14(13)24-17/h4-5,7-8,12H,2-3,6,9-10H2,1H3,(H,19,23). The summed E-state index contributed by atoms with van der Waals surface area (Å²) in [6, 6.07) is 10.0. The molecule has 0 bridgehead atoms. The van der Waals surface area contributed by atoms with Crippen molar-refractivity contribution in [2.45, 2.75) is 31.6 Å². The average molecular weight is 361 g/mol. The van der Waals surface area contributed by atoms with Crippen molar-refractivity contribution in [1.82, 2.24) is 10.3 Å². The third-order valence-corrected chi connectivity index (χ3v) is 5.01. The lowest BCUT2D eigenvalue weighted by Crippen LogP contribution is -2.27. The van der Waals surface area contributed by atoms with Gasteiger partial charge in [0, 0.05) is 13.0 Å². The summed E-state index contributed by atoms with van der Waals surface area (Å²) >= 11 is 6.86. The summed E-state index contributed by atoms with van der Waals surface area (Å²) in [7, 11) is 1.40. The fourth-order valence-electron chi connectivity index (χ4n) is 2.23. The van der Waals surface area contributed by atoms with Gasteiger partial charge in [0.1, 0.15) is 10.9 Å². The van der Waals surface area contributed by atoms with Gasteiger partial charge in [0.15, 0.2) is 0 Å². The first-order valence-corrected chi connectivity index (χ1v) is 8.97. The highest BCUT2D eigenvalue weighted by Crippen LogP contribution is 2.27. The van der Waals surface area contributed by atoms with Gasteiger partial charge in [-0.2, -0.15) is 5.26 Å². The minimum Gasteiger partial charge on any atom is -0.469 e. The molecule has 1 atom stereocenters. The summed E-state index contributed by atoms with van der Waals surface area (Å²) in [6.07, 6.45) is 3.02. The van der Waals surface area contributed by atoms with Crippen LogP contribution in [-0.2, 0) is 9.53 Å². The summed E-state index contributed by atoms with van der Waals surface area (Å²) in [6.45, 7) is 0.684. The monoisotopic (exact) mass is 361 g/mol. The Morgan fingerprint density at radius 2 is 2.21 bits per heavy atom. The zero-order valence-electron chi connectivity index (χ0n) is 13.4. The molecule has 5 nitrogen and oxygen atoms in total. The minimum atomic E-state index is -0.521. The second-order valence-electron chi connectivity index (χ2n) is 5.26. The lowest BCUT2D eigenvalue weighted by atomic mass is 10.1. The van der Waals surface area contributed by atoms with Crippen LogP contribution < -0.4 is 5.32 Å². The number of fused-ring (bicyclic) bond motifs is 1. The van der Waals surface area contributed by atoms with E-state index < -0.39 is 5.92 Å². The molecule has 7 heteroatoms. The maximum Gasteiger partial charge on any atom is 0.305 e. The number of hydrogen-bond acceptors (Lipinski definition) is 6. The largest absolute Gasteiger partial charge is 0.469 e. The molecule has 0 radical (unpaired) electrons. The van der Waals surface area contributed by atoms with Gasteiger partial charge in [-0.3, -0.25) is 4.79 Å². The zero-order valence-corrected chi connectivity index (χ0v) is 15.1. The third-order valence-electron chi connectivity index (χ3n) is 3.53. The second kappa shape index (κ2) is 9.30. The fraction of sp³-hybridized carbons (Fsp3) is 0.412. The van der Waals surface area contributed by atoms with Crippen molar-refractivity contribution in [3.05, 3.63) is 29.3 Å². The number of aromatic nitrogens is 1. The maximum atomic E-state index is 11.0. The van der Waals surface area contributed by atoms with Crippen molar-refractivity contribution in [2.75, 3.05) is 13.7 Å². The molecule has 0 aliphatic rings. The first-order valence-electron chi connectivity index (χ1n) is 7.75. The first kappa shape index (κ1) is 18.3. The van der Waals surface area contributed by atoms with Gasteiger partial charge in [-0.1, -0.05) is 30.8 Å². The van der Waals surface area contributed by atoms with E-state index >= 15 is 0 Å². The van der Waals surface area contributed by atoms with Crippen LogP contribution >= 0.6 is 23.6 Å². The number of nitriles is 1. The molecular weight excluding hydrogens is 342 g/mol. The predicted molar refractivity (Wildman–Crippen MR) is 99.1 cm³/mol. The van der Waals surface area contributed by atoms with Gasteiger partial charge in [0.05, 0.1) is 28.4 Å². The quantitative estimate of drug-likeness (QED) is 0.440. The van der Waals surface area contributed by atoms with Gasteiger partial charge in [-0.25, -0.2) is 4.98 Å². The van der Waals surface area contributed by atoms with Gasteiger partial charge in [0.25, 0.3) is 0 Å². The van der Waals surface area contributed by atoms with Crippen LogP contribution in [0.4, 0.5) is 0 Å². The number of para-hydroxylation sites is 1. The van der Waals surface area contributed by atoms with Crippen LogP contribution in [0.5, 0.6) is 0 Å². The van der Waals surface area contributed by atoms with Crippen LogP contribution in [0, 0.1) is 11.3 Å². The number of thiazole rings is 1. The number of thiocarbonyl (C=S) groups is 1. The van der Waals surface area contributed by atoms with Crippen LogP contribution in [0.2, 0.25) is 0 Å². The van der Waals surface area contributed by atoms with Gasteiger partial charge >= 0.3 is 5.97 Å². The highest BCUT2D eigenvalue weighted by molar-refractivity contribution is 7.80. The molecule has 0 aliphatic heterocycles. The molecule has 1 heterocycles. The summed E-state index contributed by atoms with van der Waals surface area (Å²) in [5.41, 5.74) is 0.892. The number of rotatable bonds is 8. The number of methoxy groups -OCH3 is 1. The number of carbonyl (C=O) groups is 1. The molecule has 0 saturated carbocycles. The molecule has 2 rings (SSSR count). The normalized spacial score (nSPS) is 11.7. The smallest absolute Gasteiger partial charge is 0.305 e. The van der Waals surface area contributed by atoms with Crippen molar-refractivity contribution in [1.29, 1.82) is 5.26 Å². The molecule has 1 aromatic carbocycles. The summed E-state index contributed by atoms with van der Waals surface area (Å²) in [4.78, 5) is 16.0. The molecule has 0 fully saturated rings. The molecule has 2 aromatic rings. The summed E-state index contributed by atoms with van der Waals surface area (Å²) in [5.74, 6) is -0.702. The number of nitrogens with one attached hydrogen (secondary N) is 1. The molecule has 1 unspecified atom stereocenters. The number of esters is 1. The highest BCUT2D eigenvalue weighted by atomic mass is 32.1. The van der Waals surface area contributed by atoms with Crippen molar-refractivity contribution < 1.29 is 9.53 Å². The van der Waals surface area contributed by atoms with E-state index in [1.54, 1.807) is 0 Å². The van der Waals surface area contributed by atoms with Crippen LogP contribution in [0.3, 0.4) is 0 Å². The van der Waals surface area contributed by atoms with Crippen LogP contribution in [0.15, 0.2) is 24.3 Å². The summed E-state index contributed by atoms with van der Waals surface area (Å²) in [5, 5.41) is 13.3.